The highest BCUT2D eigenvalue weighted by molar-refractivity contribution is 6.35. The SMILES string of the molecule is O=C(O)CC1CCCN1C(=O)Nc1cc(Cl)ccc1Cl. The van der Waals surface area contributed by atoms with Crippen molar-refractivity contribution in [2.24, 2.45) is 0 Å². The molecule has 1 aliphatic rings. The van der Waals surface area contributed by atoms with Crippen LogP contribution >= 0.6 is 23.2 Å². The number of anilines is 1. The molecule has 5 nitrogen and oxygen atoms in total. The summed E-state index contributed by atoms with van der Waals surface area (Å²) < 4.78 is 0. The van der Waals surface area contributed by atoms with Crippen LogP contribution in [-0.4, -0.2) is 34.6 Å². The largest absolute Gasteiger partial charge is 0.481 e. The van der Waals surface area contributed by atoms with Crippen molar-refractivity contribution in [2.75, 3.05) is 11.9 Å². The maximum atomic E-state index is 12.2. The normalized spacial score (nSPS) is 18.1. The number of amides is 2. The third kappa shape index (κ3) is 3.55. The van der Waals surface area contributed by atoms with Crippen LogP contribution in [0.2, 0.25) is 10.0 Å². The van der Waals surface area contributed by atoms with E-state index in [1.807, 2.05) is 0 Å². The Kier molecular flexibility index (Phi) is 4.73. The van der Waals surface area contributed by atoms with Crippen LogP contribution in [0.25, 0.3) is 0 Å². The summed E-state index contributed by atoms with van der Waals surface area (Å²) in [4.78, 5) is 24.5. The summed E-state index contributed by atoms with van der Waals surface area (Å²) in [6, 6.07) is 4.16. The van der Waals surface area contributed by atoms with E-state index in [1.165, 1.54) is 4.90 Å². The lowest BCUT2D eigenvalue weighted by Crippen LogP contribution is -2.39. The highest BCUT2D eigenvalue weighted by Crippen LogP contribution is 2.27. The summed E-state index contributed by atoms with van der Waals surface area (Å²) in [7, 11) is 0. The Hall–Kier alpha value is -1.46. The fourth-order valence-corrected chi connectivity index (χ4v) is 2.63. The lowest BCUT2D eigenvalue weighted by atomic mass is 10.1. The molecule has 1 fully saturated rings. The molecule has 0 aromatic heterocycles. The number of nitrogens with zero attached hydrogens (tertiary/aromatic N) is 1. The first-order valence-electron chi connectivity index (χ1n) is 6.22. The number of carbonyl (C=O) groups is 2. The van der Waals surface area contributed by atoms with E-state index in [9.17, 15) is 9.59 Å². The molecule has 1 aromatic carbocycles. The van der Waals surface area contributed by atoms with Crippen LogP contribution in [0.3, 0.4) is 0 Å². The summed E-state index contributed by atoms with van der Waals surface area (Å²) in [6.07, 6.45) is 1.45. The van der Waals surface area contributed by atoms with Gasteiger partial charge in [0.15, 0.2) is 0 Å². The summed E-state index contributed by atoms with van der Waals surface area (Å²) in [6.45, 7) is 0.544. The monoisotopic (exact) mass is 316 g/mol. The van der Waals surface area contributed by atoms with Gasteiger partial charge in [-0.05, 0) is 31.0 Å². The van der Waals surface area contributed by atoms with Gasteiger partial charge in [-0.15, -0.1) is 0 Å². The highest BCUT2D eigenvalue weighted by atomic mass is 35.5. The van der Waals surface area contributed by atoms with Crippen molar-refractivity contribution in [1.82, 2.24) is 4.90 Å². The standard InChI is InChI=1S/C13H14Cl2N2O3/c14-8-3-4-10(15)11(6-8)16-13(20)17-5-1-2-9(17)7-12(18)19/h3-4,6,9H,1-2,5,7H2,(H,16,20)(H,18,19). The number of carbonyl (C=O) groups excluding carboxylic acids is 1. The molecular formula is C13H14Cl2N2O3. The number of aliphatic carboxylic acids is 1. The average molecular weight is 317 g/mol. The maximum Gasteiger partial charge on any atom is 0.322 e. The van der Waals surface area contributed by atoms with Crippen molar-refractivity contribution in [3.8, 4) is 0 Å². The number of benzene rings is 1. The molecule has 2 N–H and O–H groups in total. The van der Waals surface area contributed by atoms with Gasteiger partial charge in [0.2, 0.25) is 0 Å². The zero-order valence-corrected chi connectivity index (χ0v) is 12.1. The second kappa shape index (κ2) is 6.33. The molecule has 1 aliphatic heterocycles. The number of likely N-dealkylation sites (tertiary alicyclic amines) is 1. The molecule has 2 rings (SSSR count). The zero-order valence-electron chi connectivity index (χ0n) is 10.6. The van der Waals surface area contributed by atoms with Gasteiger partial charge in [-0.2, -0.15) is 0 Å². The topological polar surface area (TPSA) is 69.6 Å². The number of urea groups is 1. The predicted octanol–water partition coefficient (Wildman–Crippen LogP) is 3.46. The van der Waals surface area contributed by atoms with E-state index in [0.717, 1.165) is 6.42 Å². The van der Waals surface area contributed by atoms with Gasteiger partial charge in [0.25, 0.3) is 0 Å². The van der Waals surface area contributed by atoms with Crippen molar-refractivity contribution in [3.63, 3.8) is 0 Å². The van der Waals surface area contributed by atoms with Crippen molar-refractivity contribution in [3.05, 3.63) is 28.2 Å². The van der Waals surface area contributed by atoms with Crippen LogP contribution in [-0.2, 0) is 4.79 Å². The summed E-state index contributed by atoms with van der Waals surface area (Å²) in [5, 5.41) is 12.4. The molecule has 1 atom stereocenters. The summed E-state index contributed by atoms with van der Waals surface area (Å²) in [5.41, 5.74) is 0.421. The molecule has 1 unspecified atom stereocenters. The van der Waals surface area contributed by atoms with Gasteiger partial charge in [0.1, 0.15) is 0 Å². The van der Waals surface area contributed by atoms with Crippen LogP contribution in [0.4, 0.5) is 10.5 Å². The van der Waals surface area contributed by atoms with Crippen molar-refractivity contribution in [1.29, 1.82) is 0 Å². The van der Waals surface area contributed by atoms with Gasteiger partial charge in [0.05, 0.1) is 17.1 Å². The van der Waals surface area contributed by atoms with Crippen molar-refractivity contribution < 1.29 is 14.7 Å². The first-order valence-corrected chi connectivity index (χ1v) is 6.97. The summed E-state index contributed by atoms with van der Waals surface area (Å²) >= 11 is 11.8. The molecule has 0 saturated carbocycles. The average Bonchev–Trinajstić information content (AvgIpc) is 2.81. The quantitative estimate of drug-likeness (QED) is 0.897. The van der Waals surface area contributed by atoms with Crippen molar-refractivity contribution >= 4 is 40.9 Å². The van der Waals surface area contributed by atoms with E-state index in [4.69, 9.17) is 28.3 Å². The zero-order chi connectivity index (χ0) is 14.7. The number of rotatable bonds is 3. The minimum atomic E-state index is -0.907. The van der Waals surface area contributed by atoms with Crippen molar-refractivity contribution in [2.45, 2.75) is 25.3 Å². The Morgan fingerprint density at radius 3 is 2.85 bits per heavy atom. The van der Waals surface area contributed by atoms with Gasteiger partial charge >= 0.3 is 12.0 Å². The lowest BCUT2D eigenvalue weighted by molar-refractivity contribution is -0.137. The minimum Gasteiger partial charge on any atom is -0.481 e. The third-order valence-electron chi connectivity index (χ3n) is 3.22. The first-order chi connectivity index (χ1) is 9.47. The number of nitrogens with one attached hydrogen (secondary N) is 1. The second-order valence-electron chi connectivity index (χ2n) is 4.64. The molecule has 2 amide bonds. The third-order valence-corrected chi connectivity index (χ3v) is 3.78. The number of hydrogen-bond acceptors (Lipinski definition) is 2. The Morgan fingerprint density at radius 1 is 1.40 bits per heavy atom. The molecule has 20 heavy (non-hydrogen) atoms. The van der Waals surface area contributed by atoms with Gasteiger partial charge in [-0.1, -0.05) is 23.2 Å². The second-order valence-corrected chi connectivity index (χ2v) is 5.49. The molecule has 1 heterocycles. The summed E-state index contributed by atoms with van der Waals surface area (Å²) in [5.74, 6) is -0.907. The molecule has 0 spiro atoms. The van der Waals surface area contributed by atoms with Gasteiger partial charge in [-0.25, -0.2) is 4.79 Å². The molecule has 1 saturated heterocycles. The maximum absolute atomic E-state index is 12.2. The minimum absolute atomic E-state index is 0.0449. The Balaban J connectivity index is 2.07. The van der Waals surface area contributed by atoms with E-state index in [2.05, 4.69) is 5.32 Å². The number of carboxylic acid groups (broad SMARTS) is 1. The van der Waals surface area contributed by atoms with Crippen LogP contribution in [0, 0.1) is 0 Å². The van der Waals surface area contributed by atoms with E-state index in [1.54, 1.807) is 18.2 Å². The fourth-order valence-electron chi connectivity index (χ4n) is 2.30. The van der Waals surface area contributed by atoms with Gasteiger partial charge in [0, 0.05) is 17.6 Å². The Labute approximate surface area is 126 Å². The van der Waals surface area contributed by atoms with E-state index in [-0.39, 0.29) is 18.5 Å². The molecular weight excluding hydrogens is 303 g/mol. The highest BCUT2D eigenvalue weighted by Gasteiger charge is 2.30. The molecule has 108 valence electrons. The molecule has 0 bridgehead atoms. The first kappa shape index (κ1) is 14.9. The van der Waals surface area contributed by atoms with E-state index >= 15 is 0 Å². The van der Waals surface area contributed by atoms with E-state index in [0.29, 0.717) is 28.7 Å². The number of halogens is 2. The Bertz CT molecular complexity index is 536. The molecule has 0 aliphatic carbocycles. The van der Waals surface area contributed by atoms with Crippen LogP contribution in [0.1, 0.15) is 19.3 Å². The van der Waals surface area contributed by atoms with Crippen LogP contribution < -0.4 is 5.32 Å². The molecule has 0 radical (unpaired) electrons. The molecule has 7 heteroatoms. The van der Waals surface area contributed by atoms with Gasteiger partial charge in [-0.3, -0.25) is 4.79 Å². The smallest absolute Gasteiger partial charge is 0.322 e. The van der Waals surface area contributed by atoms with Crippen LogP contribution in [0.15, 0.2) is 18.2 Å². The predicted molar refractivity (Wildman–Crippen MR) is 77.5 cm³/mol. The molecule has 1 aromatic rings. The number of carboxylic acids is 1. The van der Waals surface area contributed by atoms with Crippen LogP contribution in [0.5, 0.6) is 0 Å². The number of hydrogen-bond donors (Lipinski definition) is 2. The lowest BCUT2D eigenvalue weighted by Gasteiger charge is -2.24. The van der Waals surface area contributed by atoms with E-state index < -0.39 is 5.97 Å². The Morgan fingerprint density at radius 2 is 2.15 bits per heavy atom. The van der Waals surface area contributed by atoms with Gasteiger partial charge < -0.3 is 15.3 Å². The fraction of sp³-hybridized carbons (Fsp3) is 0.385.